The molecular weight excluding hydrogens is 360 g/mol. The third kappa shape index (κ3) is 6.44. The molecule has 0 aliphatic carbocycles. The van der Waals surface area contributed by atoms with Gasteiger partial charge in [0.05, 0.1) is 12.0 Å². The summed E-state index contributed by atoms with van der Waals surface area (Å²) in [6, 6.07) is 1.09. The molecule has 1 amide bonds. The first-order valence-corrected chi connectivity index (χ1v) is 7.59. The Morgan fingerprint density at radius 1 is 1.48 bits per heavy atom. The number of amides is 1. The van der Waals surface area contributed by atoms with Gasteiger partial charge in [0.15, 0.2) is 0 Å². The molecule has 1 aromatic rings. The second-order valence-corrected chi connectivity index (χ2v) is 7.30. The second-order valence-electron chi connectivity index (χ2n) is 6.02. The zero-order valence-electron chi connectivity index (χ0n) is 12.1. The summed E-state index contributed by atoms with van der Waals surface area (Å²) in [4.78, 5) is 27.1. The van der Waals surface area contributed by atoms with Gasteiger partial charge in [-0.3, -0.25) is 9.59 Å². The molecule has 1 aromatic heterocycles. The summed E-state index contributed by atoms with van der Waals surface area (Å²) in [6.45, 7) is 5.96. The average Bonchev–Trinajstić information content (AvgIpc) is 2.28. The molecule has 0 saturated carbocycles. The smallest absolute Gasteiger partial charge is 0.305 e. The van der Waals surface area contributed by atoms with Crippen molar-refractivity contribution in [2.24, 2.45) is 5.41 Å². The van der Waals surface area contributed by atoms with Crippen molar-refractivity contribution in [2.45, 2.75) is 39.7 Å². The summed E-state index contributed by atoms with van der Waals surface area (Å²) < 4.78 is 0.627. The first kappa shape index (κ1) is 17.9. The molecule has 116 valence electrons. The maximum Gasteiger partial charge on any atom is 0.305 e. The van der Waals surface area contributed by atoms with Crippen LogP contribution in [0.2, 0.25) is 5.15 Å². The molecule has 5 nitrogen and oxygen atoms in total. The topological polar surface area (TPSA) is 79.3 Å². The lowest BCUT2D eigenvalue weighted by Gasteiger charge is -2.26. The number of nitrogens with zero attached hydrogens (tertiary/aromatic N) is 1. The molecule has 21 heavy (non-hydrogen) atoms. The van der Waals surface area contributed by atoms with Gasteiger partial charge in [-0.05, 0) is 33.8 Å². The number of nitrogens with one attached hydrogen (secondary N) is 1. The van der Waals surface area contributed by atoms with Gasteiger partial charge < -0.3 is 10.4 Å². The minimum Gasteiger partial charge on any atom is -0.481 e. The Hall–Kier alpha value is -1.14. The first-order chi connectivity index (χ1) is 9.58. The van der Waals surface area contributed by atoms with Crippen molar-refractivity contribution < 1.29 is 14.7 Å². The van der Waals surface area contributed by atoms with Gasteiger partial charge in [-0.1, -0.05) is 32.4 Å². The van der Waals surface area contributed by atoms with Crippen LogP contribution in [0.15, 0.2) is 16.7 Å². The molecule has 2 N–H and O–H groups in total. The maximum atomic E-state index is 12.2. The van der Waals surface area contributed by atoms with Crippen LogP contribution in [0.3, 0.4) is 0 Å². The number of halogens is 2. The molecule has 0 spiro atoms. The highest BCUT2D eigenvalue weighted by Crippen LogP contribution is 2.23. The van der Waals surface area contributed by atoms with E-state index in [1.54, 1.807) is 6.07 Å². The van der Waals surface area contributed by atoms with E-state index in [4.69, 9.17) is 16.7 Å². The Labute approximate surface area is 137 Å². The SMILES string of the molecule is CC(C)(C)CC(CC(=O)O)NC(=O)c1cc(Br)cnc1Cl. The molecule has 0 aliphatic heterocycles. The van der Waals surface area contributed by atoms with Crippen LogP contribution < -0.4 is 5.32 Å². The van der Waals surface area contributed by atoms with Gasteiger partial charge in [0, 0.05) is 16.7 Å². The molecule has 0 bridgehead atoms. The van der Waals surface area contributed by atoms with E-state index in [9.17, 15) is 9.59 Å². The van der Waals surface area contributed by atoms with E-state index >= 15 is 0 Å². The number of hydrogen-bond acceptors (Lipinski definition) is 3. The Morgan fingerprint density at radius 3 is 2.62 bits per heavy atom. The highest BCUT2D eigenvalue weighted by molar-refractivity contribution is 9.10. The van der Waals surface area contributed by atoms with Crippen LogP contribution in [-0.4, -0.2) is 28.0 Å². The van der Waals surface area contributed by atoms with E-state index in [0.717, 1.165) is 0 Å². The van der Waals surface area contributed by atoms with Crippen molar-refractivity contribution in [3.05, 3.63) is 27.5 Å². The van der Waals surface area contributed by atoms with Crippen molar-refractivity contribution in [1.29, 1.82) is 0 Å². The highest BCUT2D eigenvalue weighted by atomic mass is 79.9. The summed E-state index contributed by atoms with van der Waals surface area (Å²) >= 11 is 9.13. The van der Waals surface area contributed by atoms with E-state index in [-0.39, 0.29) is 22.6 Å². The number of carbonyl (C=O) groups is 2. The predicted molar refractivity (Wildman–Crippen MR) is 84.5 cm³/mol. The number of rotatable bonds is 5. The van der Waals surface area contributed by atoms with Crippen LogP contribution in [0.25, 0.3) is 0 Å². The number of hydrogen-bond donors (Lipinski definition) is 2. The lowest BCUT2D eigenvalue weighted by Crippen LogP contribution is -2.39. The normalized spacial score (nSPS) is 12.8. The van der Waals surface area contributed by atoms with Gasteiger partial charge >= 0.3 is 5.97 Å². The largest absolute Gasteiger partial charge is 0.481 e. The monoisotopic (exact) mass is 376 g/mol. The fraction of sp³-hybridized carbons (Fsp3) is 0.500. The standard InChI is InChI=1S/C14H18BrClN2O3/c1-14(2,3)6-9(5-11(19)20)18-13(21)10-4-8(15)7-17-12(10)16/h4,7,9H,5-6H2,1-3H3,(H,18,21)(H,19,20). The number of carboxylic acid groups (broad SMARTS) is 1. The molecule has 0 radical (unpaired) electrons. The van der Waals surface area contributed by atoms with E-state index in [0.29, 0.717) is 10.9 Å². The molecule has 1 atom stereocenters. The van der Waals surface area contributed by atoms with Crippen molar-refractivity contribution in [3.8, 4) is 0 Å². The van der Waals surface area contributed by atoms with Crippen LogP contribution in [0.1, 0.15) is 44.0 Å². The summed E-state index contributed by atoms with van der Waals surface area (Å²) in [5.74, 6) is -1.38. The lowest BCUT2D eigenvalue weighted by molar-refractivity contribution is -0.137. The molecule has 1 heterocycles. The number of pyridine rings is 1. The van der Waals surface area contributed by atoms with Crippen LogP contribution in [0.5, 0.6) is 0 Å². The molecule has 0 aromatic carbocycles. The highest BCUT2D eigenvalue weighted by Gasteiger charge is 2.24. The summed E-state index contributed by atoms with van der Waals surface area (Å²) in [6.07, 6.45) is 1.90. The van der Waals surface area contributed by atoms with E-state index in [2.05, 4.69) is 26.2 Å². The Morgan fingerprint density at radius 2 is 2.10 bits per heavy atom. The van der Waals surface area contributed by atoms with Gasteiger partial charge in [-0.25, -0.2) is 4.98 Å². The quantitative estimate of drug-likeness (QED) is 0.770. The molecule has 0 aliphatic rings. The fourth-order valence-electron chi connectivity index (χ4n) is 1.97. The molecule has 0 saturated heterocycles. The van der Waals surface area contributed by atoms with Gasteiger partial charge in [0.2, 0.25) is 0 Å². The summed E-state index contributed by atoms with van der Waals surface area (Å²) in [7, 11) is 0. The number of aliphatic carboxylic acids is 1. The third-order valence-corrected chi connectivity index (χ3v) is 3.40. The Balaban J connectivity index is 2.89. The lowest BCUT2D eigenvalue weighted by atomic mass is 9.87. The number of carbonyl (C=O) groups excluding carboxylic acids is 1. The maximum absolute atomic E-state index is 12.2. The van der Waals surface area contributed by atoms with Gasteiger partial charge in [0.25, 0.3) is 5.91 Å². The molecule has 1 rings (SSSR count). The van der Waals surface area contributed by atoms with E-state index in [1.165, 1.54) is 6.20 Å². The van der Waals surface area contributed by atoms with Crippen molar-refractivity contribution in [1.82, 2.24) is 10.3 Å². The van der Waals surface area contributed by atoms with Crippen LogP contribution in [0, 0.1) is 5.41 Å². The van der Waals surface area contributed by atoms with E-state index < -0.39 is 17.9 Å². The Bertz CT molecular complexity index is 544. The van der Waals surface area contributed by atoms with Crippen LogP contribution in [-0.2, 0) is 4.79 Å². The van der Waals surface area contributed by atoms with Crippen molar-refractivity contribution in [3.63, 3.8) is 0 Å². The number of carboxylic acids is 1. The first-order valence-electron chi connectivity index (χ1n) is 6.42. The molecule has 0 fully saturated rings. The molecular formula is C14H18BrClN2O3. The van der Waals surface area contributed by atoms with Crippen molar-refractivity contribution in [2.75, 3.05) is 0 Å². The minimum absolute atomic E-state index is 0.0838. The van der Waals surface area contributed by atoms with Gasteiger partial charge in [0.1, 0.15) is 5.15 Å². The fourth-order valence-corrected chi connectivity index (χ4v) is 2.49. The molecule has 1 unspecified atom stereocenters. The summed E-state index contributed by atoms with van der Waals surface area (Å²) in [5.41, 5.74) is 0.113. The zero-order chi connectivity index (χ0) is 16.2. The second kappa shape index (κ2) is 7.22. The summed E-state index contributed by atoms with van der Waals surface area (Å²) in [5, 5.41) is 11.8. The van der Waals surface area contributed by atoms with Gasteiger partial charge in [-0.2, -0.15) is 0 Å². The van der Waals surface area contributed by atoms with E-state index in [1.807, 2.05) is 20.8 Å². The van der Waals surface area contributed by atoms with Crippen LogP contribution in [0.4, 0.5) is 0 Å². The van der Waals surface area contributed by atoms with Crippen LogP contribution >= 0.6 is 27.5 Å². The van der Waals surface area contributed by atoms with Gasteiger partial charge in [-0.15, -0.1) is 0 Å². The average molecular weight is 378 g/mol. The molecule has 7 heteroatoms. The third-order valence-electron chi connectivity index (χ3n) is 2.67. The van der Waals surface area contributed by atoms with Crippen molar-refractivity contribution >= 4 is 39.4 Å². The minimum atomic E-state index is -0.956. The Kier molecular flexibility index (Phi) is 6.16. The number of aromatic nitrogens is 1. The predicted octanol–water partition coefficient (Wildman–Crippen LogP) is 3.51. The zero-order valence-corrected chi connectivity index (χ0v) is 14.5.